The molecule has 0 aliphatic carbocycles. The fraction of sp³-hybridized carbons (Fsp3) is 0.0714. The Morgan fingerprint density at radius 3 is 2.50 bits per heavy atom. The molecule has 4 rings (SSSR count). The van der Waals surface area contributed by atoms with Crippen molar-refractivity contribution in [3.8, 4) is 11.8 Å². The Morgan fingerprint density at radius 1 is 1.03 bits per heavy atom. The molecule has 1 N–H and O–H groups in total. The van der Waals surface area contributed by atoms with E-state index in [9.17, 15) is 33.3 Å². The van der Waals surface area contributed by atoms with Crippen molar-refractivity contribution in [1.29, 1.82) is 5.26 Å². The van der Waals surface area contributed by atoms with Crippen LogP contribution in [0.25, 0.3) is 16.8 Å². The van der Waals surface area contributed by atoms with Crippen molar-refractivity contribution in [2.24, 2.45) is 0 Å². The number of nitro groups is 1. The molecule has 0 bridgehead atoms. The Balaban J connectivity index is 1.53. The number of rotatable bonds is 7. The molecule has 0 saturated heterocycles. The second-order valence-corrected chi connectivity index (χ2v) is 8.11. The Labute approximate surface area is 214 Å². The summed E-state index contributed by atoms with van der Waals surface area (Å²) in [6.07, 6.45) is -3.76. The van der Waals surface area contributed by atoms with Gasteiger partial charge < -0.3 is 10.1 Å². The maximum atomic E-state index is 13.4. The number of nitrogens with zero attached hydrogens (tertiary/aromatic N) is 2. The third-order valence-corrected chi connectivity index (χ3v) is 5.58. The van der Waals surface area contributed by atoms with Gasteiger partial charge in [-0.25, -0.2) is 0 Å². The van der Waals surface area contributed by atoms with E-state index in [-0.39, 0.29) is 6.61 Å². The molecule has 0 fully saturated rings. The topological polar surface area (TPSA) is 105 Å². The van der Waals surface area contributed by atoms with Gasteiger partial charge in [0.05, 0.1) is 16.2 Å². The summed E-state index contributed by atoms with van der Waals surface area (Å²) >= 11 is 0. The predicted octanol–water partition coefficient (Wildman–Crippen LogP) is 6.89. The lowest BCUT2D eigenvalue weighted by atomic mass is 10.1. The summed E-state index contributed by atoms with van der Waals surface area (Å²) in [7, 11) is 0. The number of alkyl halides is 3. The van der Waals surface area contributed by atoms with E-state index >= 15 is 0 Å². The van der Waals surface area contributed by atoms with Crippen LogP contribution in [-0.4, -0.2) is 10.8 Å². The molecule has 0 saturated carbocycles. The summed E-state index contributed by atoms with van der Waals surface area (Å²) in [5.74, 6) is -0.645. The van der Waals surface area contributed by atoms with Gasteiger partial charge in [0.15, 0.2) is 0 Å². The lowest BCUT2D eigenvalue weighted by Gasteiger charge is -2.13. The molecule has 7 nitrogen and oxygen atoms in total. The van der Waals surface area contributed by atoms with E-state index in [0.29, 0.717) is 17.4 Å². The van der Waals surface area contributed by atoms with Crippen LogP contribution >= 0.6 is 0 Å². The summed E-state index contributed by atoms with van der Waals surface area (Å²) in [5.41, 5.74) is -1.99. The molecule has 0 aliphatic rings. The molecule has 1 amide bonds. The first-order chi connectivity index (χ1) is 18.2. The molecule has 190 valence electrons. The van der Waals surface area contributed by atoms with Crippen molar-refractivity contribution in [3.63, 3.8) is 0 Å². The number of ether oxygens (including phenoxy) is 1. The Morgan fingerprint density at radius 2 is 1.76 bits per heavy atom. The largest absolute Gasteiger partial charge is 0.489 e. The molecule has 38 heavy (non-hydrogen) atoms. The van der Waals surface area contributed by atoms with Gasteiger partial charge in [-0.1, -0.05) is 54.6 Å². The molecular formula is C28H18F3N3O4. The van der Waals surface area contributed by atoms with E-state index in [1.807, 2.05) is 47.8 Å². The number of hydrogen-bond acceptors (Lipinski definition) is 5. The average Bonchev–Trinajstić information content (AvgIpc) is 2.90. The zero-order chi connectivity index (χ0) is 27.3. The fourth-order valence-electron chi connectivity index (χ4n) is 3.77. The van der Waals surface area contributed by atoms with Gasteiger partial charge >= 0.3 is 6.18 Å². The molecule has 10 heteroatoms. The fourth-order valence-corrected chi connectivity index (χ4v) is 3.77. The van der Waals surface area contributed by atoms with Gasteiger partial charge in [-0.15, -0.1) is 0 Å². The van der Waals surface area contributed by atoms with Crippen LogP contribution in [0.3, 0.4) is 0 Å². The van der Waals surface area contributed by atoms with Crippen molar-refractivity contribution in [3.05, 3.63) is 117 Å². The number of non-ortho nitro benzene ring substituents is 1. The van der Waals surface area contributed by atoms with Gasteiger partial charge in [-0.2, -0.15) is 18.4 Å². The van der Waals surface area contributed by atoms with Gasteiger partial charge in [-0.3, -0.25) is 14.9 Å². The second kappa shape index (κ2) is 10.8. The van der Waals surface area contributed by atoms with Crippen LogP contribution in [0.5, 0.6) is 5.75 Å². The smallest absolute Gasteiger partial charge is 0.418 e. The van der Waals surface area contributed by atoms with Gasteiger partial charge in [0, 0.05) is 12.1 Å². The highest BCUT2D eigenvalue weighted by Gasteiger charge is 2.35. The first kappa shape index (κ1) is 25.9. The van der Waals surface area contributed by atoms with Crippen LogP contribution in [0.4, 0.5) is 24.5 Å². The molecule has 0 aliphatic heterocycles. The molecular weight excluding hydrogens is 499 g/mol. The van der Waals surface area contributed by atoms with Crippen LogP contribution in [0.15, 0.2) is 90.5 Å². The highest BCUT2D eigenvalue weighted by Crippen LogP contribution is 2.37. The molecule has 0 atom stereocenters. The minimum Gasteiger partial charge on any atom is -0.489 e. The average molecular weight is 517 g/mol. The van der Waals surface area contributed by atoms with Crippen molar-refractivity contribution >= 4 is 34.1 Å². The zero-order valence-corrected chi connectivity index (χ0v) is 19.5. The molecule has 0 spiro atoms. The molecule has 4 aromatic carbocycles. The second-order valence-electron chi connectivity index (χ2n) is 8.11. The molecule has 0 radical (unpaired) electrons. The van der Waals surface area contributed by atoms with E-state index in [0.717, 1.165) is 28.5 Å². The lowest BCUT2D eigenvalue weighted by molar-refractivity contribution is -0.385. The van der Waals surface area contributed by atoms with Gasteiger partial charge in [0.25, 0.3) is 11.6 Å². The van der Waals surface area contributed by atoms with Gasteiger partial charge in [-0.05, 0) is 46.2 Å². The van der Waals surface area contributed by atoms with Crippen LogP contribution < -0.4 is 10.1 Å². The predicted molar refractivity (Wildman–Crippen MR) is 135 cm³/mol. The monoisotopic (exact) mass is 517 g/mol. The SMILES string of the molecule is N#C/C(=C\c1cccc(OCc2cccc3ccccc23)c1)C(=O)Nc1ccc([N+](=O)[O-])cc1C(F)(F)F. The number of carbonyl (C=O) groups excluding carboxylic acids is 1. The number of anilines is 1. The summed E-state index contributed by atoms with van der Waals surface area (Å²) < 4.78 is 46.2. The normalized spacial score (nSPS) is 11.6. The standard InChI is InChI=1S/C28H18F3N3O4/c29-28(30,31)25-15-22(34(36)37)11-12-26(25)33-27(35)21(16-32)13-18-5-3-9-23(14-18)38-17-20-8-4-7-19-6-1-2-10-24(19)20/h1-15H,17H2,(H,33,35)/b21-13+. The Kier molecular flexibility index (Phi) is 7.39. The summed E-state index contributed by atoms with van der Waals surface area (Å²) in [4.78, 5) is 22.5. The lowest BCUT2D eigenvalue weighted by Crippen LogP contribution is -2.18. The van der Waals surface area contributed by atoms with Crippen LogP contribution in [0, 0.1) is 21.4 Å². The highest BCUT2D eigenvalue weighted by atomic mass is 19.4. The number of nitro benzene ring substituents is 1. The number of nitriles is 1. The number of fused-ring (bicyclic) bond motifs is 1. The zero-order valence-electron chi connectivity index (χ0n) is 19.5. The van der Waals surface area contributed by atoms with E-state index in [1.165, 1.54) is 6.08 Å². The molecule has 0 heterocycles. The Bertz CT molecular complexity index is 1600. The minimum atomic E-state index is -4.97. The van der Waals surface area contributed by atoms with Gasteiger partial charge in [0.2, 0.25) is 0 Å². The number of carbonyl (C=O) groups is 1. The van der Waals surface area contributed by atoms with Crippen molar-refractivity contribution in [2.75, 3.05) is 5.32 Å². The molecule has 0 unspecified atom stereocenters. The maximum absolute atomic E-state index is 13.4. The van der Waals surface area contributed by atoms with Crippen LogP contribution in [-0.2, 0) is 17.6 Å². The van der Waals surface area contributed by atoms with E-state index in [1.54, 1.807) is 30.3 Å². The quantitative estimate of drug-likeness (QED) is 0.124. The minimum absolute atomic E-state index is 0.264. The number of benzene rings is 4. The van der Waals surface area contributed by atoms with Crippen molar-refractivity contribution in [2.45, 2.75) is 12.8 Å². The van der Waals surface area contributed by atoms with Crippen LogP contribution in [0.1, 0.15) is 16.7 Å². The van der Waals surface area contributed by atoms with E-state index in [4.69, 9.17) is 4.74 Å². The van der Waals surface area contributed by atoms with E-state index in [2.05, 4.69) is 0 Å². The summed E-state index contributed by atoms with van der Waals surface area (Å²) in [6, 6.07) is 23.8. The first-order valence-corrected chi connectivity index (χ1v) is 11.1. The van der Waals surface area contributed by atoms with Gasteiger partial charge in [0.1, 0.15) is 24.0 Å². The highest BCUT2D eigenvalue weighted by molar-refractivity contribution is 6.10. The number of nitrogens with one attached hydrogen (secondary N) is 1. The maximum Gasteiger partial charge on any atom is 0.418 e. The summed E-state index contributed by atoms with van der Waals surface area (Å²) in [6.45, 7) is 0.264. The molecule has 0 aromatic heterocycles. The van der Waals surface area contributed by atoms with E-state index < -0.39 is 39.5 Å². The molecule has 4 aromatic rings. The number of amides is 1. The first-order valence-electron chi connectivity index (χ1n) is 11.1. The summed E-state index contributed by atoms with van der Waals surface area (Å²) in [5, 5.41) is 24.5. The Hall–Kier alpha value is -5.17. The number of halogens is 3. The van der Waals surface area contributed by atoms with Crippen molar-refractivity contribution < 1.29 is 27.6 Å². The van der Waals surface area contributed by atoms with Crippen LogP contribution in [0.2, 0.25) is 0 Å². The van der Waals surface area contributed by atoms with Crippen molar-refractivity contribution in [1.82, 2.24) is 0 Å². The third kappa shape index (κ3) is 5.96. The number of hydrogen-bond donors (Lipinski definition) is 1. The third-order valence-electron chi connectivity index (χ3n) is 5.58.